The molecule has 9 nitrogen and oxygen atoms in total. The summed E-state index contributed by atoms with van der Waals surface area (Å²) in [6.45, 7) is 4.15. The van der Waals surface area contributed by atoms with Crippen molar-refractivity contribution >= 4 is 46.5 Å². The predicted octanol–water partition coefficient (Wildman–Crippen LogP) is 6.82. The van der Waals surface area contributed by atoms with Crippen LogP contribution in [-0.4, -0.2) is 45.5 Å². The molecule has 0 unspecified atom stereocenters. The maximum atomic E-state index is 12.7. The first-order valence-electron chi connectivity index (χ1n) is 13.1. The molecule has 2 amide bonds. The van der Waals surface area contributed by atoms with E-state index in [-0.39, 0.29) is 17.4 Å². The number of rotatable bonds is 8. The number of thioether (sulfide) groups is 1. The number of amides is 2. The normalized spacial score (nSPS) is 14.7. The van der Waals surface area contributed by atoms with Gasteiger partial charge in [-0.15, -0.1) is 18.3 Å². The van der Waals surface area contributed by atoms with Crippen molar-refractivity contribution in [3.05, 3.63) is 95.6 Å². The van der Waals surface area contributed by atoms with Gasteiger partial charge in [0.1, 0.15) is 11.6 Å². The van der Waals surface area contributed by atoms with Gasteiger partial charge in [0, 0.05) is 17.2 Å². The van der Waals surface area contributed by atoms with E-state index >= 15 is 0 Å². The minimum absolute atomic E-state index is 0.0422. The van der Waals surface area contributed by atoms with Gasteiger partial charge in [0.05, 0.1) is 23.3 Å². The summed E-state index contributed by atoms with van der Waals surface area (Å²) in [4.78, 5) is 26.8. The summed E-state index contributed by atoms with van der Waals surface area (Å²) in [6, 6.07) is 21.3. The number of nitrogens with zero attached hydrogens (tertiary/aromatic N) is 4. The second-order valence-electron chi connectivity index (χ2n) is 9.67. The summed E-state index contributed by atoms with van der Waals surface area (Å²) < 4.78 is 40.8. The monoisotopic (exact) mass is 606 g/mol. The number of aromatic nitrogens is 2. The molecule has 3 aromatic carbocycles. The Balaban J connectivity index is 1.22. The lowest BCUT2D eigenvalue weighted by molar-refractivity contribution is -0.274. The van der Waals surface area contributed by atoms with Crippen LogP contribution in [0.15, 0.2) is 89.1 Å². The molecule has 1 fully saturated rings. The summed E-state index contributed by atoms with van der Waals surface area (Å²) in [6.07, 6.45) is -3.22. The van der Waals surface area contributed by atoms with Crippen LogP contribution in [0.2, 0.25) is 0 Å². The van der Waals surface area contributed by atoms with Gasteiger partial charge in [-0.1, -0.05) is 68.1 Å². The van der Waals surface area contributed by atoms with Gasteiger partial charge in [0.25, 0.3) is 5.91 Å². The molecule has 5 rings (SSSR count). The van der Waals surface area contributed by atoms with E-state index in [9.17, 15) is 22.8 Å². The topological polar surface area (TPSA) is 112 Å². The fraction of sp³-hybridized carbons (Fsp3) is 0.167. The zero-order valence-corrected chi connectivity index (χ0v) is 23.7. The summed E-state index contributed by atoms with van der Waals surface area (Å²) in [5, 5.41) is 18.6. The van der Waals surface area contributed by atoms with Crippen LogP contribution in [0.1, 0.15) is 41.3 Å². The molecule has 0 atom stereocenters. The van der Waals surface area contributed by atoms with E-state index in [1.54, 1.807) is 17.2 Å². The van der Waals surface area contributed by atoms with Crippen molar-refractivity contribution in [3.63, 3.8) is 0 Å². The molecule has 2 N–H and O–H groups in total. The Morgan fingerprint density at radius 1 is 1.09 bits per heavy atom. The lowest BCUT2D eigenvalue weighted by Crippen LogP contribution is -2.30. The minimum Gasteiger partial charge on any atom is -0.406 e. The molecule has 2 heterocycles. The molecule has 0 aliphatic carbocycles. The number of para-hydroxylation sites is 1. The van der Waals surface area contributed by atoms with Gasteiger partial charge in [0.15, 0.2) is 5.17 Å². The number of aromatic amines is 1. The van der Waals surface area contributed by atoms with Crippen molar-refractivity contribution in [3.8, 4) is 17.0 Å². The van der Waals surface area contributed by atoms with Crippen molar-refractivity contribution in [1.82, 2.24) is 10.2 Å². The second kappa shape index (κ2) is 12.5. The van der Waals surface area contributed by atoms with E-state index in [4.69, 9.17) is 0 Å². The molecule has 13 heteroatoms. The van der Waals surface area contributed by atoms with Crippen LogP contribution in [-0.2, 0) is 4.79 Å². The Bertz CT molecular complexity index is 1680. The van der Waals surface area contributed by atoms with Crippen molar-refractivity contribution in [2.45, 2.75) is 26.1 Å². The Hall–Kier alpha value is -4.91. The van der Waals surface area contributed by atoms with E-state index in [0.717, 1.165) is 34.5 Å². The number of nitrogens with one attached hydrogen (secondary N) is 2. The molecule has 0 spiro atoms. The van der Waals surface area contributed by atoms with Crippen LogP contribution in [0.25, 0.3) is 11.3 Å². The molecule has 1 saturated heterocycles. The molecular formula is C30H25F3N6O3S. The minimum atomic E-state index is -4.81. The summed E-state index contributed by atoms with van der Waals surface area (Å²) in [7, 11) is 0. The Kier molecular flexibility index (Phi) is 8.62. The van der Waals surface area contributed by atoms with Crippen LogP contribution in [0.3, 0.4) is 0 Å². The molecule has 220 valence electrons. The number of alkyl halides is 3. The first kappa shape index (κ1) is 29.6. The third kappa shape index (κ3) is 7.30. The number of halogens is 3. The first-order chi connectivity index (χ1) is 20.6. The van der Waals surface area contributed by atoms with Gasteiger partial charge in [-0.2, -0.15) is 10.2 Å². The molecule has 43 heavy (non-hydrogen) atoms. The summed E-state index contributed by atoms with van der Waals surface area (Å²) in [5.74, 6) is -0.151. The maximum absolute atomic E-state index is 12.7. The van der Waals surface area contributed by atoms with E-state index in [1.807, 2.05) is 48.5 Å². The van der Waals surface area contributed by atoms with Crippen LogP contribution in [0, 0.1) is 0 Å². The largest absolute Gasteiger partial charge is 0.573 e. The van der Waals surface area contributed by atoms with Crippen molar-refractivity contribution in [1.29, 1.82) is 0 Å². The van der Waals surface area contributed by atoms with Crippen LogP contribution < -0.4 is 15.0 Å². The Morgan fingerprint density at radius 3 is 2.51 bits per heavy atom. The number of carbonyl (C=O) groups is 2. The third-order valence-corrected chi connectivity index (χ3v) is 7.21. The molecular weight excluding hydrogens is 581 g/mol. The third-order valence-electron chi connectivity index (χ3n) is 6.30. The zero-order valence-electron chi connectivity index (χ0n) is 22.9. The molecule has 4 aromatic rings. The SMILES string of the molecule is CC(C)c1ccccc1N1C(=O)CS/C1=N\N=C\c1ccc(-c2cc(NC(=O)c3ccc(OC(F)(F)F)cc3)[nH]n2)cc1. The van der Waals surface area contributed by atoms with Crippen LogP contribution in [0.5, 0.6) is 5.75 Å². The van der Waals surface area contributed by atoms with Gasteiger partial charge < -0.3 is 10.1 Å². The number of amidine groups is 1. The second-order valence-corrected chi connectivity index (χ2v) is 10.6. The lowest BCUT2D eigenvalue weighted by Gasteiger charge is -2.20. The molecule has 0 radical (unpaired) electrons. The van der Waals surface area contributed by atoms with Gasteiger partial charge >= 0.3 is 6.36 Å². The van der Waals surface area contributed by atoms with E-state index < -0.39 is 18.0 Å². The van der Waals surface area contributed by atoms with E-state index in [0.29, 0.717) is 22.4 Å². The maximum Gasteiger partial charge on any atom is 0.573 e. The Labute approximate surface area is 248 Å². The number of hydrogen-bond acceptors (Lipinski definition) is 7. The average molecular weight is 607 g/mol. The van der Waals surface area contributed by atoms with E-state index in [2.05, 4.69) is 44.3 Å². The first-order valence-corrected chi connectivity index (χ1v) is 14.0. The molecule has 1 aromatic heterocycles. The molecule has 1 aliphatic heterocycles. The van der Waals surface area contributed by atoms with Crippen LogP contribution >= 0.6 is 11.8 Å². The van der Waals surface area contributed by atoms with Crippen molar-refractivity contribution in [2.75, 3.05) is 16.0 Å². The summed E-state index contributed by atoms with van der Waals surface area (Å²) >= 11 is 1.34. The fourth-order valence-corrected chi connectivity index (χ4v) is 5.09. The zero-order chi connectivity index (χ0) is 30.6. The average Bonchev–Trinajstić information content (AvgIpc) is 3.59. The fourth-order valence-electron chi connectivity index (χ4n) is 4.27. The van der Waals surface area contributed by atoms with Gasteiger partial charge in [-0.05, 0) is 47.4 Å². The number of hydrogen-bond donors (Lipinski definition) is 2. The smallest absolute Gasteiger partial charge is 0.406 e. The van der Waals surface area contributed by atoms with Crippen molar-refractivity contribution < 1.29 is 27.5 Å². The van der Waals surface area contributed by atoms with Gasteiger partial charge in [-0.3, -0.25) is 19.6 Å². The van der Waals surface area contributed by atoms with Gasteiger partial charge in [0.2, 0.25) is 5.91 Å². The van der Waals surface area contributed by atoms with Gasteiger partial charge in [-0.25, -0.2) is 0 Å². The number of ether oxygens (including phenoxy) is 1. The Morgan fingerprint density at radius 2 is 1.81 bits per heavy atom. The quantitative estimate of drug-likeness (QED) is 0.169. The van der Waals surface area contributed by atoms with E-state index in [1.165, 1.54) is 23.9 Å². The predicted molar refractivity (Wildman–Crippen MR) is 161 cm³/mol. The summed E-state index contributed by atoms with van der Waals surface area (Å²) in [5.41, 5.74) is 4.12. The number of carbonyl (C=O) groups excluding carboxylic acids is 2. The van der Waals surface area contributed by atoms with Crippen molar-refractivity contribution in [2.24, 2.45) is 10.2 Å². The molecule has 1 aliphatic rings. The highest BCUT2D eigenvalue weighted by atomic mass is 32.2. The molecule has 0 saturated carbocycles. The highest BCUT2D eigenvalue weighted by Gasteiger charge is 2.32. The number of benzene rings is 3. The number of anilines is 2. The number of H-pyrrole nitrogens is 1. The van der Waals surface area contributed by atoms with Crippen LogP contribution in [0.4, 0.5) is 24.7 Å². The highest BCUT2D eigenvalue weighted by molar-refractivity contribution is 8.15. The standard InChI is InChI=1S/C30H25F3N6O3S/c1-18(2)23-5-3-4-6-25(23)39-27(40)17-43-29(39)38-34-16-19-7-9-20(10-8-19)24-15-26(37-36-24)35-28(41)21-11-13-22(14-12-21)42-30(31,32)33/h3-16,18H,17H2,1-2H3,(H2,35,36,37,41)/b34-16+,38-29-. The lowest BCUT2D eigenvalue weighted by atomic mass is 10.0. The molecule has 0 bridgehead atoms. The highest BCUT2D eigenvalue weighted by Crippen LogP contribution is 2.33.